The van der Waals surface area contributed by atoms with Crippen molar-refractivity contribution in [2.75, 3.05) is 36.8 Å². The molecule has 3 amide bonds. The quantitative estimate of drug-likeness (QED) is 0.497. The molecule has 33 heavy (non-hydrogen) atoms. The van der Waals surface area contributed by atoms with E-state index in [2.05, 4.69) is 22.9 Å². The fraction of sp³-hybridized carbons (Fsp3) is 0.423. The molecule has 7 heteroatoms. The van der Waals surface area contributed by atoms with Gasteiger partial charge in [0.05, 0.1) is 6.54 Å². The van der Waals surface area contributed by atoms with Gasteiger partial charge >= 0.3 is 0 Å². The summed E-state index contributed by atoms with van der Waals surface area (Å²) in [6.07, 6.45) is 6.38. The molecule has 7 nitrogen and oxygen atoms in total. The molecular weight excluding hydrogens is 416 g/mol. The molecule has 3 N–H and O–H groups in total. The lowest BCUT2D eigenvalue weighted by Crippen LogP contribution is -2.31. The van der Waals surface area contributed by atoms with Crippen LogP contribution in [0.15, 0.2) is 48.5 Å². The smallest absolute Gasteiger partial charge is 0.253 e. The van der Waals surface area contributed by atoms with Crippen LogP contribution >= 0.6 is 0 Å². The highest BCUT2D eigenvalue weighted by Crippen LogP contribution is 2.17. The number of benzene rings is 2. The van der Waals surface area contributed by atoms with Gasteiger partial charge in [0, 0.05) is 42.1 Å². The lowest BCUT2D eigenvalue weighted by atomic mass is 10.1. The van der Waals surface area contributed by atoms with E-state index < -0.39 is 0 Å². The highest BCUT2D eigenvalue weighted by molar-refractivity contribution is 5.98. The third kappa shape index (κ3) is 7.63. The number of rotatable bonds is 9. The Bertz CT molecular complexity index is 952. The predicted molar refractivity (Wildman–Crippen MR) is 132 cm³/mol. The Balaban J connectivity index is 1.53. The van der Waals surface area contributed by atoms with Crippen LogP contribution in [-0.4, -0.2) is 48.8 Å². The second kappa shape index (κ2) is 12.6. The summed E-state index contributed by atoms with van der Waals surface area (Å²) in [5.74, 6) is -0.342. The van der Waals surface area contributed by atoms with Crippen molar-refractivity contribution in [3.8, 4) is 0 Å². The molecule has 1 aliphatic heterocycles. The number of unbranched alkanes of at least 4 members (excludes halogenated alkanes) is 1. The molecule has 3 rings (SSSR count). The number of amides is 3. The molecule has 176 valence electrons. The Hall–Kier alpha value is -3.35. The minimum Gasteiger partial charge on any atom is -0.376 e. The lowest BCUT2D eigenvalue weighted by molar-refractivity contribution is -0.114. The van der Waals surface area contributed by atoms with Crippen LogP contribution in [0.4, 0.5) is 11.4 Å². The third-order valence-electron chi connectivity index (χ3n) is 5.68. The summed E-state index contributed by atoms with van der Waals surface area (Å²) in [5, 5.41) is 8.77. The number of hydrogen-bond acceptors (Lipinski definition) is 4. The minimum atomic E-state index is -0.234. The summed E-state index contributed by atoms with van der Waals surface area (Å²) < 4.78 is 0. The largest absolute Gasteiger partial charge is 0.376 e. The van der Waals surface area contributed by atoms with Gasteiger partial charge in [0.15, 0.2) is 0 Å². The van der Waals surface area contributed by atoms with Crippen LogP contribution in [0.5, 0.6) is 0 Å². The van der Waals surface area contributed by atoms with Gasteiger partial charge in [-0.2, -0.15) is 0 Å². The zero-order valence-corrected chi connectivity index (χ0v) is 19.4. The first-order valence-electron chi connectivity index (χ1n) is 11.9. The zero-order valence-electron chi connectivity index (χ0n) is 19.4. The molecule has 0 radical (unpaired) electrons. The zero-order chi connectivity index (χ0) is 23.5. The number of nitrogens with one attached hydrogen (secondary N) is 3. The molecule has 2 aromatic carbocycles. The molecule has 0 spiro atoms. The molecule has 0 unspecified atom stereocenters. The van der Waals surface area contributed by atoms with E-state index in [-0.39, 0.29) is 24.3 Å². The monoisotopic (exact) mass is 450 g/mol. The van der Waals surface area contributed by atoms with Crippen molar-refractivity contribution in [3.05, 3.63) is 59.7 Å². The Morgan fingerprint density at radius 1 is 0.879 bits per heavy atom. The van der Waals surface area contributed by atoms with Crippen molar-refractivity contribution in [2.24, 2.45) is 0 Å². The number of nitrogens with zero attached hydrogens (tertiary/aromatic N) is 1. The van der Waals surface area contributed by atoms with E-state index in [1.54, 1.807) is 30.3 Å². The summed E-state index contributed by atoms with van der Waals surface area (Å²) >= 11 is 0. The van der Waals surface area contributed by atoms with E-state index in [4.69, 9.17) is 0 Å². The van der Waals surface area contributed by atoms with Crippen LogP contribution < -0.4 is 16.0 Å². The van der Waals surface area contributed by atoms with Gasteiger partial charge in [0.2, 0.25) is 5.91 Å². The molecule has 0 aliphatic carbocycles. The molecular formula is C26H34N4O3. The van der Waals surface area contributed by atoms with Crippen molar-refractivity contribution in [1.29, 1.82) is 0 Å². The number of carbonyl (C=O) groups excluding carboxylic acids is 3. The van der Waals surface area contributed by atoms with Gasteiger partial charge in [0.25, 0.3) is 11.8 Å². The number of anilines is 2. The maximum Gasteiger partial charge on any atom is 0.253 e. The molecule has 1 heterocycles. The van der Waals surface area contributed by atoms with Gasteiger partial charge in [-0.3, -0.25) is 14.4 Å². The SMILES string of the molecule is CCCCNC(=O)c1cccc(NC(=O)CNc2cccc(C(=O)N3CCCCCC3)c2)c1. The van der Waals surface area contributed by atoms with Crippen LogP contribution in [0.3, 0.4) is 0 Å². The number of carbonyl (C=O) groups is 3. The Morgan fingerprint density at radius 3 is 2.27 bits per heavy atom. The molecule has 1 saturated heterocycles. The first kappa shape index (κ1) is 24.3. The van der Waals surface area contributed by atoms with Gasteiger partial charge in [0.1, 0.15) is 0 Å². The summed E-state index contributed by atoms with van der Waals surface area (Å²) in [6.45, 7) is 4.35. The summed E-state index contributed by atoms with van der Waals surface area (Å²) in [6, 6.07) is 14.2. The van der Waals surface area contributed by atoms with Gasteiger partial charge < -0.3 is 20.9 Å². The Morgan fingerprint density at radius 2 is 1.55 bits per heavy atom. The van der Waals surface area contributed by atoms with Gasteiger partial charge in [-0.15, -0.1) is 0 Å². The maximum absolute atomic E-state index is 12.8. The van der Waals surface area contributed by atoms with Gasteiger partial charge in [-0.05, 0) is 55.7 Å². The van der Waals surface area contributed by atoms with E-state index in [1.807, 2.05) is 23.1 Å². The highest BCUT2D eigenvalue weighted by atomic mass is 16.2. The number of hydrogen-bond donors (Lipinski definition) is 3. The summed E-state index contributed by atoms with van der Waals surface area (Å²) in [4.78, 5) is 39.4. The second-order valence-electron chi connectivity index (χ2n) is 8.38. The van der Waals surface area contributed by atoms with E-state index in [0.717, 1.165) is 44.5 Å². The van der Waals surface area contributed by atoms with E-state index in [0.29, 0.717) is 23.4 Å². The fourth-order valence-electron chi connectivity index (χ4n) is 3.83. The highest BCUT2D eigenvalue weighted by Gasteiger charge is 2.17. The molecule has 2 aromatic rings. The van der Waals surface area contributed by atoms with Crippen LogP contribution in [-0.2, 0) is 4.79 Å². The third-order valence-corrected chi connectivity index (χ3v) is 5.68. The Kier molecular flexibility index (Phi) is 9.30. The molecule has 1 aliphatic rings. The lowest BCUT2D eigenvalue weighted by Gasteiger charge is -2.20. The van der Waals surface area contributed by atoms with Crippen LogP contribution in [0, 0.1) is 0 Å². The number of likely N-dealkylation sites (tertiary alicyclic amines) is 1. The Labute approximate surface area is 195 Å². The van der Waals surface area contributed by atoms with E-state index in [1.165, 1.54) is 12.8 Å². The molecule has 0 aromatic heterocycles. The standard InChI is InChI=1S/C26H34N4O3/c1-2-3-14-27-25(32)20-10-8-13-23(17-20)29-24(31)19-28-22-12-9-11-21(18-22)26(33)30-15-6-4-5-7-16-30/h8-13,17-18,28H,2-7,14-16,19H2,1H3,(H,27,32)(H,29,31). The van der Waals surface area contributed by atoms with Crippen molar-refractivity contribution in [2.45, 2.75) is 45.4 Å². The first-order chi connectivity index (χ1) is 16.1. The van der Waals surface area contributed by atoms with Crippen molar-refractivity contribution < 1.29 is 14.4 Å². The topological polar surface area (TPSA) is 90.5 Å². The average Bonchev–Trinajstić information content (AvgIpc) is 3.12. The maximum atomic E-state index is 12.8. The van der Waals surface area contributed by atoms with Gasteiger partial charge in [-0.25, -0.2) is 0 Å². The second-order valence-corrected chi connectivity index (χ2v) is 8.38. The molecule has 0 atom stereocenters. The van der Waals surface area contributed by atoms with Crippen LogP contribution in [0.1, 0.15) is 66.2 Å². The van der Waals surface area contributed by atoms with Gasteiger partial charge in [-0.1, -0.05) is 38.3 Å². The predicted octanol–water partition coefficient (Wildman–Crippen LogP) is 4.28. The normalized spacial score (nSPS) is 13.7. The summed E-state index contributed by atoms with van der Waals surface area (Å²) in [7, 11) is 0. The van der Waals surface area contributed by atoms with E-state index in [9.17, 15) is 14.4 Å². The van der Waals surface area contributed by atoms with E-state index >= 15 is 0 Å². The molecule has 1 fully saturated rings. The minimum absolute atomic E-state index is 0.0408. The fourth-order valence-corrected chi connectivity index (χ4v) is 3.83. The summed E-state index contributed by atoms with van der Waals surface area (Å²) in [5.41, 5.74) is 2.42. The van der Waals surface area contributed by atoms with Crippen molar-refractivity contribution >= 4 is 29.1 Å². The van der Waals surface area contributed by atoms with Crippen LogP contribution in [0.25, 0.3) is 0 Å². The molecule has 0 saturated carbocycles. The first-order valence-corrected chi connectivity index (χ1v) is 11.9. The molecule has 0 bridgehead atoms. The van der Waals surface area contributed by atoms with Crippen molar-refractivity contribution in [1.82, 2.24) is 10.2 Å². The van der Waals surface area contributed by atoms with Crippen LogP contribution in [0.2, 0.25) is 0 Å². The van der Waals surface area contributed by atoms with Crippen molar-refractivity contribution in [3.63, 3.8) is 0 Å². The average molecular weight is 451 g/mol.